The van der Waals surface area contributed by atoms with Gasteiger partial charge >= 0.3 is 5.69 Å². The molecule has 1 saturated carbocycles. The zero-order chi connectivity index (χ0) is 39.2. The van der Waals surface area contributed by atoms with Crippen molar-refractivity contribution >= 4 is 56.0 Å². The van der Waals surface area contributed by atoms with Crippen molar-refractivity contribution in [1.29, 1.82) is 0 Å². The smallest absolute Gasteiger partial charge is 0.329 e. The fourth-order valence-electron chi connectivity index (χ4n) is 8.83. The van der Waals surface area contributed by atoms with Gasteiger partial charge in [0.1, 0.15) is 17.5 Å². The topological polar surface area (TPSA) is 150 Å². The molecule has 5 heterocycles. The maximum absolute atomic E-state index is 13.5. The molecule has 2 aromatic carbocycles. The molecule has 1 unspecified atom stereocenters. The third-order valence-corrected chi connectivity index (χ3v) is 13.1. The summed E-state index contributed by atoms with van der Waals surface area (Å²) in [5.74, 6) is 0.782. The Morgan fingerprint density at radius 1 is 0.946 bits per heavy atom. The minimum Gasteiger partial charge on any atom is -0.490 e. The van der Waals surface area contributed by atoms with Crippen LogP contribution in [-0.4, -0.2) is 67.0 Å². The number of amides is 3. The number of likely N-dealkylation sites (tertiary alicyclic amines) is 1. The lowest BCUT2D eigenvalue weighted by atomic mass is 9.81. The van der Waals surface area contributed by atoms with Crippen molar-refractivity contribution < 1.29 is 19.1 Å². The molecule has 56 heavy (non-hydrogen) atoms. The second-order valence-corrected chi connectivity index (χ2v) is 17.1. The SMILES string of the molecule is CC(C)Oc1cc2nc(C3CCC(CN4CCC(c5ccc6c(c5)n(C)c(=O)n6C5CCC(=O)NC5=O)CC4)CC3)sc2cc1C(=O)Nc1cccn(C)c1=O. The molecular formula is C42H49N7O6S. The second kappa shape index (κ2) is 15.5. The van der Waals surface area contributed by atoms with Gasteiger partial charge in [0.25, 0.3) is 11.5 Å². The third kappa shape index (κ3) is 7.43. The van der Waals surface area contributed by atoms with Crippen molar-refractivity contribution in [2.45, 2.75) is 89.2 Å². The van der Waals surface area contributed by atoms with Gasteiger partial charge in [-0.2, -0.15) is 0 Å². The van der Waals surface area contributed by atoms with Crippen LogP contribution in [0.4, 0.5) is 5.69 Å². The van der Waals surface area contributed by atoms with Gasteiger partial charge in [-0.05, 0) is 120 Å². The van der Waals surface area contributed by atoms with Crippen LogP contribution >= 0.6 is 11.3 Å². The first-order chi connectivity index (χ1) is 26.9. The highest BCUT2D eigenvalue weighted by Crippen LogP contribution is 2.41. The molecule has 8 rings (SSSR count). The summed E-state index contributed by atoms with van der Waals surface area (Å²) in [5.41, 5.74) is 3.68. The molecular weight excluding hydrogens is 731 g/mol. The van der Waals surface area contributed by atoms with Crippen molar-refractivity contribution in [2.24, 2.45) is 20.0 Å². The number of imidazole rings is 1. The monoisotopic (exact) mass is 779 g/mol. The normalized spacial score (nSPS) is 21.2. The highest BCUT2D eigenvalue weighted by atomic mass is 32.1. The standard InChI is InChI=1S/C42H49N7O6S/c1-24(2)55-35-22-31-36(21-29(35)38(51)43-30-6-5-17-46(3)41(30)53)56-40(44-31)27-9-7-25(8-10-27)23-48-18-15-26(16-19-48)28-11-12-32-34(20-28)47(4)42(54)49(32)33-13-14-37(50)45-39(33)52/h5-6,11-12,17,20-22,24-27,33H,7-10,13-16,18-19,23H2,1-4H3,(H,43,51)(H,45,50,52). The van der Waals surface area contributed by atoms with E-state index in [1.54, 1.807) is 52.9 Å². The summed E-state index contributed by atoms with van der Waals surface area (Å²) in [6, 6.07) is 12.5. The minimum absolute atomic E-state index is 0.143. The van der Waals surface area contributed by atoms with E-state index in [0.717, 1.165) is 84.4 Å². The molecule has 1 aliphatic carbocycles. The van der Waals surface area contributed by atoms with Gasteiger partial charge in [0.15, 0.2) is 0 Å². The summed E-state index contributed by atoms with van der Waals surface area (Å²) in [6.45, 7) is 7.01. The van der Waals surface area contributed by atoms with E-state index in [1.807, 2.05) is 32.0 Å². The van der Waals surface area contributed by atoms with E-state index in [2.05, 4.69) is 27.7 Å². The van der Waals surface area contributed by atoms with Crippen LogP contribution in [0.15, 0.2) is 58.3 Å². The number of aromatic nitrogens is 4. The number of ether oxygens (including phenoxy) is 1. The average molecular weight is 780 g/mol. The van der Waals surface area contributed by atoms with Gasteiger partial charge in [-0.25, -0.2) is 9.78 Å². The molecule has 0 bridgehead atoms. The highest BCUT2D eigenvalue weighted by Gasteiger charge is 2.32. The summed E-state index contributed by atoms with van der Waals surface area (Å²) in [4.78, 5) is 71.3. The lowest BCUT2D eigenvalue weighted by Crippen LogP contribution is -2.44. The number of pyridine rings is 1. The number of hydrogen-bond donors (Lipinski definition) is 2. The number of hydrogen-bond acceptors (Lipinski definition) is 9. The van der Waals surface area contributed by atoms with Crippen LogP contribution < -0.4 is 26.6 Å². The first kappa shape index (κ1) is 37.8. The van der Waals surface area contributed by atoms with Crippen molar-refractivity contribution in [1.82, 2.24) is 28.9 Å². The quantitative estimate of drug-likeness (QED) is 0.178. The van der Waals surface area contributed by atoms with E-state index in [9.17, 15) is 24.0 Å². The molecule has 2 N–H and O–H groups in total. The number of nitrogens with one attached hydrogen (secondary N) is 2. The fourth-order valence-corrected chi connectivity index (χ4v) is 9.99. The maximum Gasteiger partial charge on any atom is 0.329 e. The molecule has 1 atom stereocenters. The summed E-state index contributed by atoms with van der Waals surface area (Å²) < 4.78 is 11.6. The minimum atomic E-state index is -0.680. The highest BCUT2D eigenvalue weighted by molar-refractivity contribution is 7.18. The van der Waals surface area contributed by atoms with Crippen molar-refractivity contribution in [2.75, 3.05) is 25.0 Å². The number of nitrogens with zero attached hydrogens (tertiary/aromatic N) is 5. The maximum atomic E-state index is 13.5. The van der Waals surface area contributed by atoms with Crippen LogP contribution in [-0.2, 0) is 23.7 Å². The Balaban J connectivity index is 0.878. The zero-order valence-corrected chi connectivity index (χ0v) is 33.2. The number of benzene rings is 2. The third-order valence-electron chi connectivity index (χ3n) is 11.9. The largest absolute Gasteiger partial charge is 0.490 e. The second-order valence-electron chi connectivity index (χ2n) is 16.0. The van der Waals surface area contributed by atoms with Gasteiger partial charge in [-0.1, -0.05) is 6.07 Å². The van der Waals surface area contributed by atoms with Gasteiger partial charge < -0.3 is 19.5 Å². The number of aryl methyl sites for hydroxylation is 2. The molecule has 0 radical (unpaired) electrons. The molecule has 294 valence electrons. The Kier molecular flexibility index (Phi) is 10.4. The first-order valence-electron chi connectivity index (χ1n) is 19.8. The van der Waals surface area contributed by atoms with Gasteiger partial charge in [-0.3, -0.25) is 33.6 Å². The van der Waals surface area contributed by atoms with Gasteiger partial charge in [0.2, 0.25) is 11.8 Å². The van der Waals surface area contributed by atoms with Crippen molar-refractivity contribution in [3.63, 3.8) is 0 Å². The van der Waals surface area contributed by atoms with Crippen LogP contribution in [0.2, 0.25) is 0 Å². The number of anilines is 1. The Labute approximate surface area is 328 Å². The number of imide groups is 1. The van der Waals surface area contributed by atoms with E-state index < -0.39 is 11.9 Å². The summed E-state index contributed by atoms with van der Waals surface area (Å²) in [5, 5.41) is 6.27. The van der Waals surface area contributed by atoms with Crippen molar-refractivity contribution in [3.8, 4) is 5.75 Å². The molecule has 3 amide bonds. The number of carbonyl (C=O) groups is 3. The predicted molar refractivity (Wildman–Crippen MR) is 217 cm³/mol. The number of rotatable bonds is 9. The van der Waals surface area contributed by atoms with Crippen molar-refractivity contribution in [3.05, 3.63) is 85.6 Å². The molecule has 2 aliphatic heterocycles. The fraction of sp³-hybridized carbons (Fsp3) is 0.476. The Hall–Kier alpha value is -5.08. The lowest BCUT2D eigenvalue weighted by molar-refractivity contribution is -0.135. The number of piperidine rings is 2. The van der Waals surface area contributed by atoms with E-state index in [0.29, 0.717) is 35.5 Å². The number of fused-ring (bicyclic) bond motifs is 2. The summed E-state index contributed by atoms with van der Waals surface area (Å²) >= 11 is 1.65. The van der Waals surface area contributed by atoms with E-state index >= 15 is 0 Å². The van der Waals surface area contributed by atoms with Gasteiger partial charge in [0.05, 0.1) is 37.9 Å². The number of thiazole rings is 1. The Morgan fingerprint density at radius 3 is 2.45 bits per heavy atom. The molecule has 3 aliphatic rings. The molecule has 13 nitrogen and oxygen atoms in total. The van der Waals surface area contributed by atoms with Gasteiger partial charge in [-0.15, -0.1) is 11.3 Å². The molecule has 5 aromatic rings. The first-order valence-corrected chi connectivity index (χ1v) is 20.6. The molecule has 3 fully saturated rings. The van der Waals surface area contributed by atoms with Crippen LogP contribution in [0, 0.1) is 5.92 Å². The van der Waals surface area contributed by atoms with E-state index in [-0.39, 0.29) is 41.3 Å². The summed E-state index contributed by atoms with van der Waals surface area (Å²) in [6.07, 6.45) is 8.63. The van der Waals surface area contributed by atoms with Crippen LogP contribution in [0.25, 0.3) is 21.3 Å². The van der Waals surface area contributed by atoms with E-state index in [1.165, 1.54) is 10.1 Å². The molecule has 3 aromatic heterocycles. The van der Waals surface area contributed by atoms with Crippen LogP contribution in [0.1, 0.15) is 104 Å². The molecule has 14 heteroatoms. The van der Waals surface area contributed by atoms with Crippen LogP contribution in [0.3, 0.4) is 0 Å². The Bertz CT molecular complexity index is 2440. The predicted octanol–water partition coefficient (Wildman–Crippen LogP) is 5.82. The molecule has 2 saturated heterocycles. The van der Waals surface area contributed by atoms with Gasteiger partial charge in [0, 0.05) is 45.2 Å². The Morgan fingerprint density at radius 2 is 1.71 bits per heavy atom. The summed E-state index contributed by atoms with van der Waals surface area (Å²) in [7, 11) is 3.40. The van der Waals surface area contributed by atoms with E-state index in [4.69, 9.17) is 9.72 Å². The molecule has 0 spiro atoms. The zero-order valence-electron chi connectivity index (χ0n) is 32.4. The average Bonchev–Trinajstić information content (AvgIpc) is 3.70. The lowest BCUT2D eigenvalue weighted by Gasteiger charge is -2.36. The van der Waals surface area contributed by atoms with Crippen LogP contribution in [0.5, 0.6) is 5.75 Å². The number of carbonyl (C=O) groups excluding carboxylic acids is 3.